The molecule has 3 N–H and O–H groups in total. The van der Waals surface area contributed by atoms with Gasteiger partial charge in [0.25, 0.3) is 0 Å². The van der Waals surface area contributed by atoms with E-state index in [2.05, 4.69) is 37.0 Å². The molecule has 3 nitrogen and oxygen atoms in total. The number of halogens is 1. The van der Waals surface area contributed by atoms with Crippen molar-refractivity contribution in [3.8, 4) is 0 Å². The fourth-order valence-electron chi connectivity index (χ4n) is 4.02. The largest absolute Gasteiger partial charge is 0.330 e. The van der Waals surface area contributed by atoms with Crippen LogP contribution in [0.25, 0.3) is 0 Å². The lowest BCUT2D eigenvalue weighted by atomic mass is 9.59. The van der Waals surface area contributed by atoms with Crippen LogP contribution in [-0.2, 0) is 18.3 Å². The zero-order valence-corrected chi connectivity index (χ0v) is 18.5. The molecule has 27 heavy (non-hydrogen) atoms. The first-order valence-electron chi connectivity index (χ1n) is 9.93. The van der Waals surface area contributed by atoms with Gasteiger partial charge in [-0.1, -0.05) is 37.1 Å². The van der Waals surface area contributed by atoms with Crippen molar-refractivity contribution in [1.82, 2.24) is 10.3 Å². The maximum atomic E-state index is 6.09. The molecular weight excluding hydrogens is 394 g/mol. The van der Waals surface area contributed by atoms with Crippen LogP contribution >= 0.6 is 35.6 Å². The molecule has 4 rings (SSSR count). The molecule has 2 heterocycles. The molecule has 0 radical (unpaired) electrons. The number of fused-ring (bicyclic) bond motifs is 1. The minimum Gasteiger partial charge on any atom is -0.330 e. The van der Waals surface area contributed by atoms with E-state index in [9.17, 15) is 0 Å². The predicted molar refractivity (Wildman–Crippen MR) is 120 cm³/mol. The van der Waals surface area contributed by atoms with E-state index < -0.39 is 0 Å². The van der Waals surface area contributed by atoms with Gasteiger partial charge in [-0.25, -0.2) is 4.98 Å². The summed E-state index contributed by atoms with van der Waals surface area (Å²) >= 11 is 11.9. The molecule has 2 aliphatic rings. The summed E-state index contributed by atoms with van der Waals surface area (Å²) < 4.78 is 0. The van der Waals surface area contributed by atoms with Gasteiger partial charge in [-0.2, -0.15) is 12.6 Å². The number of thiazole rings is 1. The minimum atomic E-state index is 0.174. The third-order valence-electron chi connectivity index (χ3n) is 5.55. The van der Waals surface area contributed by atoms with Gasteiger partial charge < -0.3 is 11.1 Å². The van der Waals surface area contributed by atoms with Crippen molar-refractivity contribution in [2.75, 3.05) is 18.8 Å². The van der Waals surface area contributed by atoms with Crippen LogP contribution in [0.3, 0.4) is 0 Å². The Morgan fingerprint density at radius 3 is 2.59 bits per heavy atom. The van der Waals surface area contributed by atoms with Crippen LogP contribution in [0.1, 0.15) is 59.8 Å². The molecule has 1 aliphatic carbocycles. The van der Waals surface area contributed by atoms with Gasteiger partial charge >= 0.3 is 0 Å². The van der Waals surface area contributed by atoms with Crippen molar-refractivity contribution in [3.05, 3.63) is 50.4 Å². The lowest BCUT2D eigenvalue weighted by Crippen LogP contribution is -2.49. The van der Waals surface area contributed by atoms with Crippen molar-refractivity contribution >= 4 is 35.6 Å². The number of nitrogens with zero attached hydrogens (tertiary/aromatic N) is 1. The summed E-state index contributed by atoms with van der Waals surface area (Å²) in [5.41, 5.74) is 8.57. The first kappa shape index (κ1) is 21.1. The van der Waals surface area contributed by atoms with Gasteiger partial charge in [0.1, 0.15) is 0 Å². The lowest BCUT2D eigenvalue weighted by molar-refractivity contribution is 0.162. The van der Waals surface area contributed by atoms with Crippen molar-refractivity contribution in [2.45, 2.75) is 56.9 Å². The standard InChI is InChI=1S/C18H22ClN3S.C3H8S/c19-13-4-2-12(3-5-13)18(8-1-9-18)17-16-14(7-11-21-17)23-15(22-16)6-10-20;1-2-3-4/h2-5,17,21H,1,6-11,20H2;4H,2-3H2,1H3. The number of nitrogens with two attached hydrogens (primary N) is 1. The SMILES string of the molecule is CCCS.NCCc1nc2c(s1)CCNC2C1(c2ccc(Cl)cc2)CCC1. The van der Waals surface area contributed by atoms with E-state index in [0.717, 1.165) is 30.2 Å². The van der Waals surface area contributed by atoms with Crippen LogP contribution in [0, 0.1) is 0 Å². The van der Waals surface area contributed by atoms with Crippen LogP contribution in [0.5, 0.6) is 0 Å². The molecule has 1 saturated carbocycles. The molecule has 1 aromatic carbocycles. The Bertz CT molecular complexity index is 724. The van der Waals surface area contributed by atoms with Crippen LogP contribution in [0.4, 0.5) is 0 Å². The van der Waals surface area contributed by atoms with Gasteiger partial charge in [-0.05, 0) is 55.7 Å². The van der Waals surface area contributed by atoms with Crippen molar-refractivity contribution in [2.24, 2.45) is 5.73 Å². The zero-order valence-electron chi connectivity index (χ0n) is 16.0. The lowest BCUT2D eigenvalue weighted by Gasteiger charge is -2.49. The summed E-state index contributed by atoms with van der Waals surface area (Å²) in [7, 11) is 0. The molecule has 2 aromatic rings. The van der Waals surface area contributed by atoms with Gasteiger partial charge in [0, 0.05) is 28.3 Å². The molecule has 0 amide bonds. The van der Waals surface area contributed by atoms with E-state index in [1.807, 2.05) is 23.5 Å². The normalized spacial score (nSPS) is 20.2. The molecule has 6 heteroatoms. The van der Waals surface area contributed by atoms with E-state index in [0.29, 0.717) is 12.6 Å². The Kier molecular flexibility index (Phi) is 7.63. The molecule has 1 fully saturated rings. The van der Waals surface area contributed by atoms with Crippen molar-refractivity contribution in [1.29, 1.82) is 0 Å². The number of aromatic nitrogens is 1. The molecule has 1 aromatic heterocycles. The summed E-state index contributed by atoms with van der Waals surface area (Å²) in [6.07, 6.45) is 6.88. The Balaban J connectivity index is 0.000000481. The molecule has 1 unspecified atom stereocenters. The third-order valence-corrected chi connectivity index (χ3v) is 7.44. The second-order valence-electron chi connectivity index (χ2n) is 7.33. The van der Waals surface area contributed by atoms with Crippen LogP contribution in [-0.4, -0.2) is 23.8 Å². The third kappa shape index (κ3) is 4.54. The number of hydrogen-bond donors (Lipinski definition) is 3. The maximum absolute atomic E-state index is 6.09. The highest BCUT2D eigenvalue weighted by Gasteiger charge is 2.48. The second kappa shape index (κ2) is 9.75. The van der Waals surface area contributed by atoms with Crippen LogP contribution in [0.15, 0.2) is 24.3 Å². The van der Waals surface area contributed by atoms with E-state index in [-0.39, 0.29) is 5.41 Å². The van der Waals surface area contributed by atoms with Gasteiger partial charge in [0.05, 0.1) is 16.7 Å². The van der Waals surface area contributed by atoms with Gasteiger partial charge in [-0.3, -0.25) is 0 Å². The van der Waals surface area contributed by atoms with E-state index in [1.165, 1.54) is 46.8 Å². The zero-order chi connectivity index (χ0) is 19.3. The van der Waals surface area contributed by atoms with Gasteiger partial charge in [0.2, 0.25) is 0 Å². The number of nitrogens with one attached hydrogen (secondary N) is 1. The van der Waals surface area contributed by atoms with Gasteiger partial charge in [0.15, 0.2) is 0 Å². The van der Waals surface area contributed by atoms with Crippen LogP contribution < -0.4 is 11.1 Å². The molecule has 0 saturated heterocycles. The summed E-state index contributed by atoms with van der Waals surface area (Å²) in [4.78, 5) is 6.42. The minimum absolute atomic E-state index is 0.174. The number of benzene rings is 1. The van der Waals surface area contributed by atoms with E-state index in [4.69, 9.17) is 22.3 Å². The van der Waals surface area contributed by atoms with E-state index >= 15 is 0 Å². The molecule has 1 aliphatic heterocycles. The quantitative estimate of drug-likeness (QED) is 0.597. The summed E-state index contributed by atoms with van der Waals surface area (Å²) in [6.45, 7) is 3.82. The molecule has 0 bridgehead atoms. The van der Waals surface area contributed by atoms with Gasteiger partial charge in [-0.15, -0.1) is 11.3 Å². The Morgan fingerprint density at radius 1 is 1.33 bits per heavy atom. The first-order chi connectivity index (χ1) is 13.1. The highest BCUT2D eigenvalue weighted by molar-refractivity contribution is 7.80. The topological polar surface area (TPSA) is 50.9 Å². The number of rotatable bonds is 5. The molecular formula is C21H30ClN3S2. The average molecular weight is 424 g/mol. The molecule has 148 valence electrons. The Morgan fingerprint density at radius 2 is 2.04 bits per heavy atom. The predicted octanol–water partition coefficient (Wildman–Crippen LogP) is 4.93. The fraction of sp³-hybridized carbons (Fsp3) is 0.571. The first-order valence-corrected chi connectivity index (χ1v) is 11.8. The maximum Gasteiger partial charge on any atom is 0.0944 e. The summed E-state index contributed by atoms with van der Waals surface area (Å²) in [6, 6.07) is 8.75. The highest BCUT2D eigenvalue weighted by Crippen LogP contribution is 2.53. The molecule has 1 atom stereocenters. The average Bonchev–Trinajstić information content (AvgIpc) is 3.06. The summed E-state index contributed by atoms with van der Waals surface area (Å²) in [5.74, 6) is 1.01. The van der Waals surface area contributed by atoms with Crippen molar-refractivity contribution < 1.29 is 0 Å². The summed E-state index contributed by atoms with van der Waals surface area (Å²) in [5, 5.41) is 5.76. The molecule has 0 spiro atoms. The second-order valence-corrected chi connectivity index (χ2v) is 9.38. The van der Waals surface area contributed by atoms with Crippen LogP contribution in [0.2, 0.25) is 5.02 Å². The fourth-order valence-corrected chi connectivity index (χ4v) is 5.26. The number of hydrogen-bond acceptors (Lipinski definition) is 5. The Labute approximate surface area is 177 Å². The Hall–Kier alpha value is -0.590. The highest BCUT2D eigenvalue weighted by atomic mass is 35.5. The monoisotopic (exact) mass is 423 g/mol. The number of thiol groups is 1. The van der Waals surface area contributed by atoms with Crippen molar-refractivity contribution in [3.63, 3.8) is 0 Å². The van der Waals surface area contributed by atoms with E-state index in [1.54, 1.807) is 0 Å². The smallest absolute Gasteiger partial charge is 0.0944 e.